The highest BCUT2D eigenvalue weighted by atomic mass is 32.2. The first kappa shape index (κ1) is 18.3. The van der Waals surface area contributed by atoms with Gasteiger partial charge in [-0.05, 0) is 42.5 Å². The lowest BCUT2D eigenvalue weighted by Crippen LogP contribution is -2.46. The van der Waals surface area contributed by atoms with Crippen molar-refractivity contribution in [3.8, 4) is 0 Å². The number of carbonyl (C=O) groups excluding carboxylic acids is 2. The number of fused-ring (bicyclic) bond motifs is 1. The maximum Gasteiger partial charge on any atom is 0.242 e. The van der Waals surface area contributed by atoms with Crippen molar-refractivity contribution in [1.82, 2.24) is 15.6 Å². The van der Waals surface area contributed by atoms with Gasteiger partial charge in [-0.25, -0.2) is 0 Å². The average molecular weight is 345 g/mol. The molecule has 2 N–H and O–H groups in total. The van der Waals surface area contributed by atoms with E-state index in [-0.39, 0.29) is 11.8 Å². The predicted octanol–water partition coefficient (Wildman–Crippen LogP) is 2.42. The molecule has 128 valence electrons. The maximum absolute atomic E-state index is 12.4. The summed E-state index contributed by atoms with van der Waals surface area (Å²) in [6, 6.07) is 7.43. The van der Waals surface area contributed by atoms with E-state index in [2.05, 4.69) is 15.6 Å². The Morgan fingerprint density at radius 2 is 2.08 bits per heavy atom. The first-order valence-electron chi connectivity index (χ1n) is 7.90. The number of amides is 2. The highest BCUT2D eigenvalue weighted by Gasteiger charge is 2.18. The summed E-state index contributed by atoms with van der Waals surface area (Å²) in [5.74, 6) is 0.466. The van der Waals surface area contributed by atoms with E-state index in [9.17, 15) is 9.59 Å². The second-order valence-corrected chi connectivity index (χ2v) is 6.68. The number of hydrogen-bond donors (Lipinski definition) is 2. The molecule has 6 heteroatoms. The first-order valence-corrected chi connectivity index (χ1v) is 9.29. The smallest absolute Gasteiger partial charge is 0.242 e. The van der Waals surface area contributed by atoms with Gasteiger partial charge in [0.25, 0.3) is 0 Å². The molecule has 1 unspecified atom stereocenters. The highest BCUT2D eigenvalue weighted by Crippen LogP contribution is 2.20. The lowest BCUT2D eigenvalue weighted by Gasteiger charge is -2.17. The van der Waals surface area contributed by atoms with Crippen LogP contribution in [0, 0.1) is 6.92 Å². The van der Waals surface area contributed by atoms with Gasteiger partial charge in [0.05, 0.1) is 5.52 Å². The molecule has 0 saturated heterocycles. The van der Waals surface area contributed by atoms with Gasteiger partial charge >= 0.3 is 0 Å². The van der Waals surface area contributed by atoms with Crippen LogP contribution in [0.1, 0.15) is 24.5 Å². The van der Waals surface area contributed by atoms with E-state index in [1.807, 2.05) is 37.4 Å². The van der Waals surface area contributed by atoms with E-state index >= 15 is 0 Å². The summed E-state index contributed by atoms with van der Waals surface area (Å²) in [4.78, 5) is 28.1. The van der Waals surface area contributed by atoms with Crippen molar-refractivity contribution in [3.05, 3.63) is 41.6 Å². The molecule has 5 nitrogen and oxygen atoms in total. The Bertz CT molecular complexity index is 733. The van der Waals surface area contributed by atoms with Crippen LogP contribution in [-0.4, -0.2) is 34.8 Å². The second kappa shape index (κ2) is 8.68. The van der Waals surface area contributed by atoms with Crippen LogP contribution >= 0.6 is 11.8 Å². The number of aromatic nitrogens is 1. The van der Waals surface area contributed by atoms with Gasteiger partial charge in [-0.3, -0.25) is 14.6 Å². The zero-order valence-electron chi connectivity index (χ0n) is 14.3. The van der Waals surface area contributed by atoms with E-state index in [1.165, 1.54) is 6.92 Å². The van der Waals surface area contributed by atoms with E-state index in [0.29, 0.717) is 13.0 Å². The number of thioether (sulfide) groups is 1. The van der Waals surface area contributed by atoms with Crippen LogP contribution in [0.15, 0.2) is 30.5 Å². The molecule has 0 spiro atoms. The Morgan fingerprint density at radius 1 is 1.29 bits per heavy atom. The molecule has 1 aromatic heterocycles. The van der Waals surface area contributed by atoms with Gasteiger partial charge < -0.3 is 10.6 Å². The standard InChI is InChI=1S/C18H23N3O2S/c1-12-6-7-14(15-5-4-9-19-17(12)15)11-20-18(23)16(8-10-24-3)21-13(2)22/h4-7,9,16H,8,10-11H2,1-3H3,(H,20,23)(H,21,22). The zero-order valence-corrected chi connectivity index (χ0v) is 15.1. The first-order chi connectivity index (χ1) is 11.5. The third-order valence-corrected chi connectivity index (χ3v) is 4.46. The predicted molar refractivity (Wildman–Crippen MR) is 98.9 cm³/mol. The van der Waals surface area contributed by atoms with Crippen molar-refractivity contribution in [2.75, 3.05) is 12.0 Å². The second-order valence-electron chi connectivity index (χ2n) is 5.69. The Morgan fingerprint density at radius 3 is 2.79 bits per heavy atom. The molecule has 24 heavy (non-hydrogen) atoms. The molecule has 0 aliphatic carbocycles. The number of rotatable bonds is 7. The molecule has 2 amide bonds. The largest absolute Gasteiger partial charge is 0.350 e. The van der Waals surface area contributed by atoms with Gasteiger partial charge in [-0.15, -0.1) is 0 Å². The van der Waals surface area contributed by atoms with E-state index in [0.717, 1.165) is 27.8 Å². The van der Waals surface area contributed by atoms with Crippen molar-refractivity contribution in [1.29, 1.82) is 0 Å². The van der Waals surface area contributed by atoms with Gasteiger partial charge in [0.15, 0.2) is 0 Å². The fourth-order valence-corrected chi connectivity index (χ4v) is 3.05. The summed E-state index contributed by atoms with van der Waals surface area (Å²) in [7, 11) is 0. The van der Waals surface area contributed by atoms with E-state index in [4.69, 9.17) is 0 Å². The van der Waals surface area contributed by atoms with Crippen molar-refractivity contribution in [3.63, 3.8) is 0 Å². The number of nitrogens with zero attached hydrogens (tertiary/aromatic N) is 1. The number of carbonyl (C=O) groups is 2. The molecule has 1 heterocycles. The lowest BCUT2D eigenvalue weighted by atomic mass is 10.0. The van der Waals surface area contributed by atoms with Gasteiger partial charge in [-0.2, -0.15) is 11.8 Å². The fraction of sp³-hybridized carbons (Fsp3) is 0.389. The van der Waals surface area contributed by atoms with Crippen LogP contribution in [0.2, 0.25) is 0 Å². The molecule has 0 bridgehead atoms. The molecule has 0 aliphatic heterocycles. The fourth-order valence-electron chi connectivity index (χ4n) is 2.58. The maximum atomic E-state index is 12.4. The molecule has 2 rings (SSSR count). The number of nitrogens with one attached hydrogen (secondary N) is 2. The summed E-state index contributed by atoms with van der Waals surface area (Å²) in [5, 5.41) is 6.69. The SMILES string of the molecule is CSCCC(NC(C)=O)C(=O)NCc1ccc(C)c2ncccc12. The summed E-state index contributed by atoms with van der Waals surface area (Å²) in [5.41, 5.74) is 3.07. The molecule has 0 aliphatic rings. The minimum Gasteiger partial charge on any atom is -0.350 e. The van der Waals surface area contributed by atoms with Crippen LogP contribution in [0.3, 0.4) is 0 Å². The lowest BCUT2D eigenvalue weighted by molar-refractivity contribution is -0.128. The Kier molecular flexibility index (Phi) is 6.61. The summed E-state index contributed by atoms with van der Waals surface area (Å²) in [6.07, 6.45) is 4.36. The van der Waals surface area contributed by atoms with E-state index < -0.39 is 6.04 Å². The minimum absolute atomic E-state index is 0.156. The summed E-state index contributed by atoms with van der Waals surface area (Å²) < 4.78 is 0. The van der Waals surface area contributed by atoms with E-state index in [1.54, 1.807) is 18.0 Å². The van der Waals surface area contributed by atoms with Gasteiger partial charge in [0.1, 0.15) is 6.04 Å². The molecule has 0 fully saturated rings. The number of hydrogen-bond acceptors (Lipinski definition) is 4. The Balaban J connectivity index is 2.10. The molecule has 0 radical (unpaired) electrons. The molecular formula is C18H23N3O2S. The molecule has 1 aromatic carbocycles. The Labute approximate surface area is 146 Å². The zero-order chi connectivity index (χ0) is 17.5. The van der Waals surface area contributed by atoms with Crippen molar-refractivity contribution < 1.29 is 9.59 Å². The Hall–Kier alpha value is -2.08. The van der Waals surface area contributed by atoms with Crippen LogP contribution < -0.4 is 10.6 Å². The quantitative estimate of drug-likeness (QED) is 0.808. The number of benzene rings is 1. The van der Waals surface area contributed by atoms with Gasteiger partial charge in [0, 0.05) is 25.1 Å². The topological polar surface area (TPSA) is 71.1 Å². The summed E-state index contributed by atoms with van der Waals surface area (Å²) >= 11 is 1.65. The van der Waals surface area contributed by atoms with Crippen molar-refractivity contribution in [2.24, 2.45) is 0 Å². The van der Waals surface area contributed by atoms with Crippen molar-refractivity contribution >= 4 is 34.5 Å². The molecule has 0 saturated carbocycles. The van der Waals surface area contributed by atoms with Crippen LogP contribution in [0.25, 0.3) is 10.9 Å². The molecule has 1 atom stereocenters. The van der Waals surface area contributed by atoms with Gasteiger partial charge in [0.2, 0.25) is 11.8 Å². The number of pyridine rings is 1. The monoisotopic (exact) mass is 345 g/mol. The normalized spacial score (nSPS) is 12.0. The van der Waals surface area contributed by atoms with Crippen molar-refractivity contribution in [2.45, 2.75) is 32.9 Å². The third-order valence-electron chi connectivity index (χ3n) is 3.82. The molecule has 2 aromatic rings. The molecular weight excluding hydrogens is 322 g/mol. The summed E-state index contributed by atoms with van der Waals surface area (Å²) in [6.45, 7) is 3.86. The third kappa shape index (κ3) is 4.71. The van der Waals surface area contributed by atoms with Crippen LogP contribution in [0.5, 0.6) is 0 Å². The van der Waals surface area contributed by atoms with Crippen LogP contribution in [0.4, 0.5) is 0 Å². The average Bonchev–Trinajstić information content (AvgIpc) is 2.57. The van der Waals surface area contributed by atoms with Gasteiger partial charge in [-0.1, -0.05) is 18.2 Å². The highest BCUT2D eigenvalue weighted by molar-refractivity contribution is 7.98. The number of aryl methyl sites for hydroxylation is 1. The minimum atomic E-state index is -0.496. The van der Waals surface area contributed by atoms with Crippen LogP contribution in [-0.2, 0) is 16.1 Å².